The second-order valence-electron chi connectivity index (χ2n) is 9.30. The number of likely N-dealkylation sites (N-methyl/N-ethyl adjacent to an activating group) is 1. The van der Waals surface area contributed by atoms with Crippen molar-refractivity contribution in [1.82, 2.24) is 9.63 Å². The maximum absolute atomic E-state index is 13.0. The monoisotopic (exact) mass is 510 g/mol. The lowest BCUT2D eigenvalue weighted by Crippen LogP contribution is -2.30. The fraction of sp³-hybridized carbons (Fsp3) is 0.250. The van der Waals surface area contributed by atoms with Gasteiger partial charge >= 0.3 is 5.97 Å². The van der Waals surface area contributed by atoms with Crippen LogP contribution in [0.5, 0.6) is 0 Å². The summed E-state index contributed by atoms with van der Waals surface area (Å²) in [5.74, 6) is -0.301. The molecular formula is C32H34N2O4. The molecule has 1 aromatic heterocycles. The van der Waals surface area contributed by atoms with E-state index in [-0.39, 0.29) is 18.3 Å². The van der Waals surface area contributed by atoms with Crippen molar-refractivity contribution in [1.29, 1.82) is 0 Å². The first kappa shape index (κ1) is 26.7. The van der Waals surface area contributed by atoms with Gasteiger partial charge in [0.2, 0.25) is 5.91 Å². The van der Waals surface area contributed by atoms with E-state index in [1.165, 1.54) is 5.56 Å². The molecule has 0 atom stereocenters. The van der Waals surface area contributed by atoms with E-state index in [0.717, 1.165) is 34.0 Å². The number of rotatable bonds is 11. The molecular weight excluding hydrogens is 476 g/mol. The summed E-state index contributed by atoms with van der Waals surface area (Å²) in [5, 5.41) is 0.902. The number of benzene rings is 3. The largest absolute Gasteiger partial charge is 0.463 e. The molecule has 3 aromatic carbocycles. The normalized spacial score (nSPS) is 11.4. The zero-order valence-electron chi connectivity index (χ0n) is 22.2. The topological polar surface area (TPSA) is 60.8 Å². The fourth-order valence-corrected chi connectivity index (χ4v) is 4.23. The fourth-order valence-electron chi connectivity index (χ4n) is 4.23. The molecule has 0 radical (unpaired) electrons. The molecule has 0 aliphatic carbocycles. The van der Waals surface area contributed by atoms with Gasteiger partial charge in [0.1, 0.15) is 6.61 Å². The van der Waals surface area contributed by atoms with Gasteiger partial charge < -0.3 is 14.5 Å². The molecule has 38 heavy (non-hydrogen) atoms. The number of esters is 1. The van der Waals surface area contributed by atoms with E-state index < -0.39 is 0 Å². The number of amides is 1. The Kier molecular flexibility index (Phi) is 8.98. The van der Waals surface area contributed by atoms with E-state index in [0.29, 0.717) is 25.3 Å². The Morgan fingerprint density at radius 2 is 1.61 bits per heavy atom. The number of fused-ring (bicyclic) bond motifs is 1. The third-order valence-corrected chi connectivity index (χ3v) is 6.41. The highest BCUT2D eigenvalue weighted by molar-refractivity contribution is 5.98. The molecule has 0 bridgehead atoms. The Morgan fingerprint density at radius 3 is 2.29 bits per heavy atom. The molecule has 0 saturated carbocycles. The molecule has 0 spiro atoms. The predicted octanol–water partition coefficient (Wildman–Crippen LogP) is 5.48. The molecule has 0 N–H and O–H groups in total. The zero-order chi connectivity index (χ0) is 26.9. The van der Waals surface area contributed by atoms with Crippen molar-refractivity contribution in [3.63, 3.8) is 0 Å². The molecule has 4 aromatic rings. The Hall–Kier alpha value is -4.32. The van der Waals surface area contributed by atoms with Gasteiger partial charge in [0.25, 0.3) is 0 Å². The van der Waals surface area contributed by atoms with Gasteiger partial charge in [-0.15, -0.1) is 0 Å². The second kappa shape index (κ2) is 12.8. The molecule has 4 rings (SSSR count). The molecule has 196 valence electrons. The summed E-state index contributed by atoms with van der Waals surface area (Å²) in [6, 6.07) is 26.0. The third kappa shape index (κ3) is 6.91. The van der Waals surface area contributed by atoms with Crippen LogP contribution < -0.4 is 4.84 Å². The number of carbonyl (C=O) groups is 2. The molecule has 1 heterocycles. The van der Waals surface area contributed by atoms with Crippen LogP contribution in [-0.4, -0.2) is 41.7 Å². The van der Waals surface area contributed by atoms with Crippen LogP contribution in [0.15, 0.2) is 90.6 Å². The maximum atomic E-state index is 13.0. The summed E-state index contributed by atoms with van der Waals surface area (Å²) in [6.45, 7) is 4.89. The van der Waals surface area contributed by atoms with Crippen LogP contribution in [0.1, 0.15) is 36.1 Å². The summed E-state index contributed by atoms with van der Waals surface area (Å²) >= 11 is 0. The lowest BCUT2D eigenvalue weighted by Gasteiger charge is -2.17. The quantitative estimate of drug-likeness (QED) is 0.198. The number of aromatic nitrogens is 1. The van der Waals surface area contributed by atoms with Crippen LogP contribution in [0.4, 0.5) is 0 Å². The smallest absolute Gasteiger partial charge is 0.333 e. The Balaban J connectivity index is 1.56. The van der Waals surface area contributed by atoms with Gasteiger partial charge in [-0.05, 0) is 55.2 Å². The van der Waals surface area contributed by atoms with E-state index in [4.69, 9.17) is 9.57 Å². The minimum atomic E-state index is -0.357. The summed E-state index contributed by atoms with van der Waals surface area (Å²) in [7, 11) is 1.84. The standard InChI is InChI=1S/C32H34N2O4/c1-4-37-32(36)24(2)19-28-22-34(38-23-26-13-9-6-10-14-26)30-16-15-27(20-29(28)30)21-31(35)33(3)18-17-25-11-7-5-8-12-25/h5-16,19-20,22H,4,17-18,21,23H2,1-3H3. The predicted molar refractivity (Wildman–Crippen MR) is 150 cm³/mol. The van der Waals surface area contributed by atoms with Gasteiger partial charge in [-0.2, -0.15) is 4.73 Å². The first-order valence-electron chi connectivity index (χ1n) is 12.9. The van der Waals surface area contributed by atoms with Crippen LogP contribution in [0, 0.1) is 0 Å². The maximum Gasteiger partial charge on any atom is 0.333 e. The van der Waals surface area contributed by atoms with Crippen molar-refractivity contribution in [2.75, 3.05) is 20.2 Å². The number of hydrogen-bond donors (Lipinski definition) is 0. The summed E-state index contributed by atoms with van der Waals surface area (Å²) in [4.78, 5) is 33.1. The highest BCUT2D eigenvalue weighted by Crippen LogP contribution is 2.25. The van der Waals surface area contributed by atoms with Crippen LogP contribution in [0.3, 0.4) is 0 Å². The zero-order valence-corrected chi connectivity index (χ0v) is 22.2. The summed E-state index contributed by atoms with van der Waals surface area (Å²) in [5.41, 5.74) is 5.34. The number of nitrogens with zero attached hydrogens (tertiary/aromatic N) is 2. The SMILES string of the molecule is CCOC(=O)C(C)=Cc1cn(OCc2ccccc2)c2ccc(CC(=O)N(C)CCc3ccccc3)cc12. The van der Waals surface area contributed by atoms with E-state index in [1.54, 1.807) is 29.6 Å². The minimum Gasteiger partial charge on any atom is -0.463 e. The van der Waals surface area contributed by atoms with Crippen molar-refractivity contribution in [3.05, 3.63) is 113 Å². The summed E-state index contributed by atoms with van der Waals surface area (Å²) < 4.78 is 6.89. The molecule has 0 unspecified atom stereocenters. The van der Waals surface area contributed by atoms with Crippen molar-refractivity contribution in [2.24, 2.45) is 0 Å². The van der Waals surface area contributed by atoms with Crippen LogP contribution in [-0.2, 0) is 33.8 Å². The lowest BCUT2D eigenvalue weighted by atomic mass is 10.0. The Labute approximate surface area is 224 Å². The number of hydrogen-bond acceptors (Lipinski definition) is 4. The van der Waals surface area contributed by atoms with Crippen LogP contribution >= 0.6 is 0 Å². The van der Waals surface area contributed by atoms with E-state index >= 15 is 0 Å². The molecule has 1 amide bonds. The number of ether oxygens (including phenoxy) is 1. The first-order valence-corrected chi connectivity index (χ1v) is 12.9. The average Bonchev–Trinajstić information content (AvgIpc) is 3.28. The van der Waals surface area contributed by atoms with E-state index in [1.807, 2.05) is 80.0 Å². The van der Waals surface area contributed by atoms with Gasteiger partial charge in [0.05, 0.1) is 24.7 Å². The molecule has 0 aliphatic rings. The average molecular weight is 511 g/mol. The van der Waals surface area contributed by atoms with E-state index in [9.17, 15) is 9.59 Å². The van der Waals surface area contributed by atoms with Crippen molar-refractivity contribution < 1.29 is 19.2 Å². The van der Waals surface area contributed by atoms with Gasteiger partial charge in [-0.25, -0.2) is 4.79 Å². The van der Waals surface area contributed by atoms with Gasteiger partial charge in [0, 0.05) is 30.1 Å². The van der Waals surface area contributed by atoms with Crippen molar-refractivity contribution in [3.8, 4) is 0 Å². The molecule has 0 aliphatic heterocycles. The van der Waals surface area contributed by atoms with Gasteiger partial charge in [-0.1, -0.05) is 66.7 Å². The third-order valence-electron chi connectivity index (χ3n) is 6.41. The lowest BCUT2D eigenvalue weighted by molar-refractivity contribution is -0.138. The minimum absolute atomic E-state index is 0.0554. The van der Waals surface area contributed by atoms with Crippen molar-refractivity contribution in [2.45, 2.75) is 33.3 Å². The molecule has 6 heteroatoms. The first-order chi connectivity index (χ1) is 18.4. The highest BCUT2D eigenvalue weighted by Gasteiger charge is 2.15. The molecule has 6 nitrogen and oxygen atoms in total. The molecule has 0 fully saturated rings. The van der Waals surface area contributed by atoms with Gasteiger partial charge in [0.15, 0.2) is 0 Å². The van der Waals surface area contributed by atoms with Crippen molar-refractivity contribution >= 4 is 28.9 Å². The van der Waals surface area contributed by atoms with Gasteiger partial charge in [-0.3, -0.25) is 4.79 Å². The van der Waals surface area contributed by atoms with Crippen LogP contribution in [0.25, 0.3) is 17.0 Å². The van der Waals surface area contributed by atoms with E-state index in [2.05, 4.69) is 12.1 Å². The Bertz CT molecular complexity index is 1410. The Morgan fingerprint density at radius 1 is 0.921 bits per heavy atom. The van der Waals surface area contributed by atoms with Crippen LogP contribution in [0.2, 0.25) is 0 Å². The highest BCUT2D eigenvalue weighted by atomic mass is 16.7. The molecule has 0 saturated heterocycles. The second-order valence-corrected chi connectivity index (χ2v) is 9.30. The summed E-state index contributed by atoms with van der Waals surface area (Å²) in [6.07, 6.45) is 4.78. The number of carbonyl (C=O) groups excluding carboxylic acids is 2.